The molecule has 2 N–H and O–H groups in total. The number of hydrogen-bond donors (Lipinski definition) is 2. The lowest BCUT2D eigenvalue weighted by Crippen LogP contribution is -2.38. The Morgan fingerprint density at radius 3 is 2.88 bits per heavy atom. The first-order valence-electron chi connectivity index (χ1n) is 5.86. The van der Waals surface area contributed by atoms with Crippen molar-refractivity contribution in [2.45, 2.75) is 39.3 Å². The van der Waals surface area contributed by atoms with Crippen molar-refractivity contribution in [1.29, 1.82) is 0 Å². The highest BCUT2D eigenvalue weighted by Crippen LogP contribution is 2.21. The summed E-state index contributed by atoms with van der Waals surface area (Å²) >= 11 is 5.10. The van der Waals surface area contributed by atoms with Crippen molar-refractivity contribution in [1.82, 2.24) is 10.6 Å². The molecule has 0 aliphatic heterocycles. The minimum atomic E-state index is 0.0709. The zero-order valence-corrected chi connectivity index (χ0v) is 12.7. The third kappa shape index (κ3) is 6.19. The van der Waals surface area contributed by atoms with Crippen molar-refractivity contribution in [2.24, 2.45) is 0 Å². The number of halogens is 1. The zero-order chi connectivity index (χ0) is 12.7. The summed E-state index contributed by atoms with van der Waals surface area (Å²) in [7, 11) is 0. The van der Waals surface area contributed by atoms with E-state index in [1.807, 2.05) is 13.0 Å². The summed E-state index contributed by atoms with van der Waals surface area (Å²) in [6.07, 6.45) is 2.13. The van der Waals surface area contributed by atoms with Crippen LogP contribution in [-0.2, 0) is 11.3 Å². The number of thiophene rings is 1. The summed E-state index contributed by atoms with van der Waals surface area (Å²) in [6, 6.07) is 4.34. The van der Waals surface area contributed by atoms with Crippen LogP contribution < -0.4 is 10.6 Å². The maximum Gasteiger partial charge on any atom is 0.234 e. The van der Waals surface area contributed by atoms with Gasteiger partial charge in [-0.2, -0.15) is 0 Å². The first kappa shape index (κ1) is 14.7. The Morgan fingerprint density at radius 1 is 1.53 bits per heavy atom. The Balaban J connectivity index is 2.16. The van der Waals surface area contributed by atoms with Crippen molar-refractivity contribution in [3.8, 4) is 0 Å². The molecule has 1 aromatic rings. The summed E-state index contributed by atoms with van der Waals surface area (Å²) in [5, 5.41) is 6.10. The van der Waals surface area contributed by atoms with Crippen molar-refractivity contribution in [3.63, 3.8) is 0 Å². The van der Waals surface area contributed by atoms with Crippen molar-refractivity contribution < 1.29 is 4.79 Å². The van der Waals surface area contributed by atoms with Gasteiger partial charge in [0, 0.05) is 17.5 Å². The highest BCUT2D eigenvalue weighted by molar-refractivity contribution is 9.11. The molecule has 0 aliphatic carbocycles. The molecule has 96 valence electrons. The van der Waals surface area contributed by atoms with Crippen molar-refractivity contribution in [2.75, 3.05) is 6.54 Å². The molecule has 0 radical (unpaired) electrons. The van der Waals surface area contributed by atoms with Crippen LogP contribution in [-0.4, -0.2) is 18.5 Å². The Hall–Kier alpha value is -0.390. The van der Waals surface area contributed by atoms with Gasteiger partial charge in [0.25, 0.3) is 0 Å². The van der Waals surface area contributed by atoms with Gasteiger partial charge >= 0.3 is 0 Å². The predicted octanol–water partition coefficient (Wildman–Crippen LogP) is 2.91. The van der Waals surface area contributed by atoms with Crippen LogP contribution in [0.4, 0.5) is 0 Å². The number of amides is 1. The van der Waals surface area contributed by atoms with Crippen LogP contribution in [0.1, 0.15) is 31.6 Å². The maximum absolute atomic E-state index is 11.5. The van der Waals surface area contributed by atoms with Gasteiger partial charge in [-0.1, -0.05) is 13.3 Å². The monoisotopic (exact) mass is 318 g/mol. The van der Waals surface area contributed by atoms with Gasteiger partial charge in [0.1, 0.15) is 0 Å². The molecule has 0 saturated carbocycles. The summed E-state index contributed by atoms with van der Waals surface area (Å²) in [4.78, 5) is 12.8. The molecule has 0 saturated heterocycles. The normalized spacial score (nSPS) is 12.4. The fourth-order valence-corrected chi connectivity index (χ4v) is 3.03. The molecule has 1 unspecified atom stereocenters. The average Bonchev–Trinajstić information content (AvgIpc) is 2.64. The van der Waals surface area contributed by atoms with E-state index in [-0.39, 0.29) is 11.9 Å². The van der Waals surface area contributed by atoms with Crippen LogP contribution in [0.15, 0.2) is 15.9 Å². The SMILES string of the molecule is CCCC(C)NC(=O)CNCc1ccc(Br)s1. The van der Waals surface area contributed by atoms with E-state index in [9.17, 15) is 4.79 Å². The third-order valence-corrected chi connectivity index (χ3v) is 3.97. The summed E-state index contributed by atoms with van der Waals surface area (Å²) in [5.74, 6) is 0.0709. The van der Waals surface area contributed by atoms with Crippen LogP contribution in [0.3, 0.4) is 0 Å². The molecule has 5 heteroatoms. The molecule has 1 rings (SSSR count). The van der Waals surface area contributed by atoms with E-state index in [1.165, 1.54) is 4.88 Å². The van der Waals surface area contributed by atoms with Crippen molar-refractivity contribution >= 4 is 33.2 Å². The molecule has 1 aromatic heterocycles. The van der Waals surface area contributed by atoms with E-state index in [2.05, 4.69) is 39.6 Å². The average molecular weight is 319 g/mol. The number of hydrogen-bond acceptors (Lipinski definition) is 3. The molecular formula is C12H19BrN2OS. The molecule has 0 aromatic carbocycles. The second kappa shape index (κ2) is 7.84. The molecule has 0 fully saturated rings. The van der Waals surface area contributed by atoms with Gasteiger partial charge in [-0.05, 0) is 41.4 Å². The quantitative estimate of drug-likeness (QED) is 0.811. The zero-order valence-electron chi connectivity index (χ0n) is 10.3. The number of nitrogens with one attached hydrogen (secondary N) is 2. The third-order valence-electron chi connectivity index (χ3n) is 2.34. The van der Waals surface area contributed by atoms with Gasteiger partial charge in [-0.15, -0.1) is 11.3 Å². The highest BCUT2D eigenvalue weighted by atomic mass is 79.9. The highest BCUT2D eigenvalue weighted by Gasteiger charge is 2.06. The standard InChI is InChI=1S/C12H19BrN2OS/c1-3-4-9(2)15-12(16)8-14-7-10-5-6-11(13)17-10/h5-6,9,14H,3-4,7-8H2,1-2H3,(H,15,16). The van der Waals surface area contributed by atoms with E-state index < -0.39 is 0 Å². The summed E-state index contributed by atoms with van der Waals surface area (Å²) in [5.41, 5.74) is 0. The number of carbonyl (C=O) groups is 1. The Kier molecular flexibility index (Phi) is 6.77. The Morgan fingerprint density at radius 2 is 2.29 bits per heavy atom. The van der Waals surface area contributed by atoms with Gasteiger partial charge in [-0.3, -0.25) is 4.79 Å². The smallest absolute Gasteiger partial charge is 0.234 e. The fraction of sp³-hybridized carbons (Fsp3) is 0.583. The van der Waals surface area contributed by atoms with E-state index in [1.54, 1.807) is 11.3 Å². The minimum absolute atomic E-state index is 0.0709. The van der Waals surface area contributed by atoms with Crippen LogP contribution >= 0.6 is 27.3 Å². The molecule has 3 nitrogen and oxygen atoms in total. The van der Waals surface area contributed by atoms with E-state index in [0.29, 0.717) is 6.54 Å². The van der Waals surface area contributed by atoms with Crippen LogP contribution in [0.5, 0.6) is 0 Å². The lowest BCUT2D eigenvalue weighted by Gasteiger charge is -2.12. The lowest BCUT2D eigenvalue weighted by atomic mass is 10.2. The topological polar surface area (TPSA) is 41.1 Å². The molecule has 0 bridgehead atoms. The van der Waals surface area contributed by atoms with Gasteiger partial charge in [0.05, 0.1) is 10.3 Å². The van der Waals surface area contributed by atoms with Gasteiger partial charge in [0.2, 0.25) is 5.91 Å². The maximum atomic E-state index is 11.5. The molecule has 1 amide bonds. The summed E-state index contributed by atoms with van der Waals surface area (Å²) < 4.78 is 1.12. The van der Waals surface area contributed by atoms with Gasteiger partial charge in [-0.25, -0.2) is 0 Å². The minimum Gasteiger partial charge on any atom is -0.353 e. The second-order valence-electron chi connectivity index (χ2n) is 4.07. The van der Waals surface area contributed by atoms with Gasteiger partial charge in [0.15, 0.2) is 0 Å². The van der Waals surface area contributed by atoms with Crippen molar-refractivity contribution in [3.05, 3.63) is 20.8 Å². The molecule has 0 aliphatic rings. The summed E-state index contributed by atoms with van der Waals surface area (Å²) in [6.45, 7) is 5.28. The van der Waals surface area contributed by atoms with Crippen LogP contribution in [0.2, 0.25) is 0 Å². The van der Waals surface area contributed by atoms with E-state index in [0.717, 1.165) is 23.2 Å². The lowest BCUT2D eigenvalue weighted by molar-refractivity contribution is -0.120. The molecule has 1 atom stereocenters. The molecular weight excluding hydrogens is 300 g/mol. The van der Waals surface area contributed by atoms with Crippen LogP contribution in [0, 0.1) is 0 Å². The molecule has 1 heterocycles. The van der Waals surface area contributed by atoms with Crippen LogP contribution in [0.25, 0.3) is 0 Å². The second-order valence-corrected chi connectivity index (χ2v) is 6.61. The van der Waals surface area contributed by atoms with E-state index >= 15 is 0 Å². The largest absolute Gasteiger partial charge is 0.353 e. The van der Waals surface area contributed by atoms with E-state index in [4.69, 9.17) is 0 Å². The van der Waals surface area contributed by atoms with Gasteiger partial charge < -0.3 is 10.6 Å². The molecule has 17 heavy (non-hydrogen) atoms. The Labute approximate surface area is 115 Å². The molecule has 0 spiro atoms. The first-order chi connectivity index (χ1) is 8.11. The number of carbonyl (C=O) groups excluding carboxylic acids is 1. The Bertz CT molecular complexity index is 354. The first-order valence-corrected chi connectivity index (χ1v) is 7.47. The number of rotatable bonds is 7. The predicted molar refractivity (Wildman–Crippen MR) is 76.2 cm³/mol. The fourth-order valence-electron chi connectivity index (χ4n) is 1.58.